The van der Waals surface area contributed by atoms with Crippen molar-refractivity contribution in [3.8, 4) is 0 Å². The van der Waals surface area contributed by atoms with Crippen LogP contribution in [-0.4, -0.2) is 44.4 Å². The number of aromatic nitrogens is 3. The summed E-state index contributed by atoms with van der Waals surface area (Å²) in [6, 6.07) is 10.2. The van der Waals surface area contributed by atoms with Crippen molar-refractivity contribution in [2.45, 2.75) is 47.0 Å². The number of allylic oxidation sites excluding steroid dienone is 1. The quantitative estimate of drug-likeness (QED) is 0.456. The predicted molar refractivity (Wildman–Crippen MR) is 154 cm³/mol. The van der Waals surface area contributed by atoms with Gasteiger partial charge in [-0.1, -0.05) is 43.7 Å². The maximum atomic E-state index is 13.2. The molecule has 0 bridgehead atoms. The lowest BCUT2D eigenvalue weighted by molar-refractivity contribution is -0.127. The van der Waals surface area contributed by atoms with Crippen molar-refractivity contribution in [1.82, 2.24) is 25.0 Å². The van der Waals surface area contributed by atoms with Crippen molar-refractivity contribution < 1.29 is 4.79 Å². The number of nitrogens with one attached hydrogen (secondary N) is 1. The summed E-state index contributed by atoms with van der Waals surface area (Å²) in [5, 5.41) is 10.1. The number of nitrogens with zero attached hydrogens (tertiary/aromatic N) is 5. The number of hydrogen-bond donors (Lipinski definition) is 1. The molecule has 5 rings (SSSR count). The molecule has 1 unspecified atom stereocenters. The fourth-order valence-corrected chi connectivity index (χ4v) is 4.72. The van der Waals surface area contributed by atoms with Gasteiger partial charge in [0.2, 0.25) is 0 Å². The van der Waals surface area contributed by atoms with E-state index in [0.29, 0.717) is 6.54 Å². The molecule has 0 spiro atoms. The van der Waals surface area contributed by atoms with Gasteiger partial charge in [-0.25, -0.2) is 0 Å². The minimum absolute atomic E-state index is 0.0376. The van der Waals surface area contributed by atoms with E-state index in [1.807, 2.05) is 54.9 Å². The van der Waals surface area contributed by atoms with E-state index in [1.165, 1.54) is 27.6 Å². The zero-order valence-corrected chi connectivity index (χ0v) is 23.1. The molecule has 198 valence electrons. The Morgan fingerprint density at radius 3 is 2.61 bits per heavy atom. The van der Waals surface area contributed by atoms with Crippen LogP contribution in [0.15, 0.2) is 94.9 Å². The van der Waals surface area contributed by atoms with E-state index < -0.39 is 0 Å². The summed E-state index contributed by atoms with van der Waals surface area (Å²) in [6.07, 6.45) is 14.0. The second-order valence-corrected chi connectivity index (χ2v) is 9.91. The Hall–Kier alpha value is -4.00. The average Bonchev–Trinajstić information content (AvgIpc) is 3.58. The van der Waals surface area contributed by atoms with Gasteiger partial charge in [-0.15, -0.1) is 0 Å². The highest BCUT2D eigenvalue weighted by atomic mass is 16.2. The number of hydrogen-bond acceptors (Lipinski definition) is 5. The average molecular weight is 511 g/mol. The van der Waals surface area contributed by atoms with E-state index in [2.05, 4.69) is 66.4 Å². The Kier molecular flexibility index (Phi) is 8.89. The van der Waals surface area contributed by atoms with Crippen LogP contribution in [0.1, 0.15) is 52.5 Å². The molecule has 1 amide bonds. The van der Waals surface area contributed by atoms with Crippen molar-refractivity contribution in [3.63, 3.8) is 0 Å². The maximum Gasteiger partial charge on any atom is 0.252 e. The van der Waals surface area contributed by atoms with E-state index in [1.54, 1.807) is 10.9 Å². The molecule has 1 atom stereocenters. The molecule has 0 saturated heterocycles. The monoisotopic (exact) mass is 510 g/mol. The van der Waals surface area contributed by atoms with Gasteiger partial charge in [-0.2, -0.15) is 5.10 Å². The number of carbonyl (C=O) groups is 1. The molecule has 3 aromatic rings. The van der Waals surface area contributed by atoms with Gasteiger partial charge in [0.25, 0.3) is 5.91 Å². The van der Waals surface area contributed by atoms with Gasteiger partial charge in [0.15, 0.2) is 0 Å². The minimum atomic E-state index is 0.0376. The molecule has 2 aliphatic rings. The first-order valence-electron chi connectivity index (χ1n) is 13.4. The number of amides is 1. The molecule has 4 heterocycles. The third kappa shape index (κ3) is 6.28. The molecule has 7 nitrogen and oxygen atoms in total. The molecule has 0 aliphatic carbocycles. The molecule has 1 N–H and O–H groups in total. The molecular formula is C31H38N6O. The van der Waals surface area contributed by atoms with E-state index in [-0.39, 0.29) is 11.8 Å². The largest absolute Gasteiger partial charge is 0.365 e. The summed E-state index contributed by atoms with van der Waals surface area (Å²) in [5.74, 6) is 0.142. The lowest BCUT2D eigenvalue weighted by atomic mass is 9.89. The maximum absolute atomic E-state index is 13.2. The number of fused-ring (bicyclic) bond motifs is 1. The number of rotatable bonds is 6. The number of carbonyl (C=O) groups excluding carboxylic acids is 1. The summed E-state index contributed by atoms with van der Waals surface area (Å²) in [4.78, 5) is 23.8. The van der Waals surface area contributed by atoms with Crippen LogP contribution in [-0.2, 0) is 11.8 Å². The number of aryl methyl sites for hydroxylation is 1. The minimum Gasteiger partial charge on any atom is -0.365 e. The van der Waals surface area contributed by atoms with Crippen LogP contribution in [0.4, 0.5) is 0 Å². The summed E-state index contributed by atoms with van der Waals surface area (Å²) < 4.78 is 1.77. The molecule has 0 saturated carbocycles. The van der Waals surface area contributed by atoms with Gasteiger partial charge in [0, 0.05) is 74.1 Å². The van der Waals surface area contributed by atoms with Crippen molar-refractivity contribution in [1.29, 1.82) is 0 Å². The van der Waals surface area contributed by atoms with Crippen LogP contribution in [0.3, 0.4) is 0 Å². The highest BCUT2D eigenvalue weighted by molar-refractivity contribution is 6.12. The number of pyridine rings is 1. The molecular weight excluding hydrogens is 472 g/mol. The van der Waals surface area contributed by atoms with Crippen molar-refractivity contribution >= 4 is 22.4 Å². The van der Waals surface area contributed by atoms with Crippen LogP contribution in [0.5, 0.6) is 0 Å². The zero-order chi connectivity index (χ0) is 27.1. The lowest BCUT2D eigenvalue weighted by Gasteiger charge is -2.31. The first-order valence-corrected chi connectivity index (χ1v) is 13.4. The molecule has 0 radical (unpaired) electrons. The van der Waals surface area contributed by atoms with E-state index >= 15 is 0 Å². The van der Waals surface area contributed by atoms with Crippen LogP contribution in [0, 0.1) is 5.92 Å². The van der Waals surface area contributed by atoms with Gasteiger partial charge in [-0.3, -0.25) is 19.5 Å². The van der Waals surface area contributed by atoms with Crippen molar-refractivity contribution in [3.05, 3.63) is 95.5 Å². The van der Waals surface area contributed by atoms with Gasteiger partial charge in [-0.05, 0) is 55.3 Å². The van der Waals surface area contributed by atoms with Crippen LogP contribution in [0.25, 0.3) is 10.8 Å². The fourth-order valence-electron chi connectivity index (χ4n) is 4.72. The Bertz CT molecular complexity index is 1350. The zero-order valence-electron chi connectivity index (χ0n) is 23.1. The van der Waals surface area contributed by atoms with Gasteiger partial charge in [0.05, 0.1) is 11.9 Å². The van der Waals surface area contributed by atoms with Gasteiger partial charge >= 0.3 is 0 Å². The second kappa shape index (κ2) is 12.5. The Labute approximate surface area is 225 Å². The molecule has 7 heteroatoms. The molecule has 2 aromatic heterocycles. The van der Waals surface area contributed by atoms with Crippen LogP contribution < -0.4 is 5.32 Å². The van der Waals surface area contributed by atoms with E-state index in [9.17, 15) is 4.79 Å². The fraction of sp³-hybridized carbons (Fsp3) is 0.355. The summed E-state index contributed by atoms with van der Waals surface area (Å²) in [7, 11) is 1.89. The van der Waals surface area contributed by atoms with Gasteiger partial charge in [0.1, 0.15) is 0 Å². The Balaban J connectivity index is 0.000000278. The van der Waals surface area contributed by atoms with E-state index in [4.69, 9.17) is 0 Å². The molecule has 1 aromatic carbocycles. The standard InChI is InChI=1S/C22H31N5O.C9H7N/c1-6-15(3)10-23-20-8-9-27(13-16(20)4)22(28)19-12-24-21(18(19)7-2)17-11-25-26(5)14-17;1-2-4-9-7-10-6-5-8(9)3-1/h10-12,14,18,23H,6-9,13H2,1-5H3;1-7H. The third-order valence-electron chi connectivity index (χ3n) is 7.17. The molecule has 38 heavy (non-hydrogen) atoms. The number of aliphatic imine (C=N–C) groups is 1. The van der Waals surface area contributed by atoms with Gasteiger partial charge < -0.3 is 10.2 Å². The highest BCUT2D eigenvalue weighted by Gasteiger charge is 2.33. The SMILES string of the molecule is CCC(C)=CNC1=C(C)CN(C(=O)C2=CN=C(c3cnn(C)c3)C2CC)CC1.c1ccc2cnccc2c1. The normalized spacial score (nSPS) is 17.7. The topological polar surface area (TPSA) is 75.4 Å². The summed E-state index contributed by atoms with van der Waals surface area (Å²) in [6.45, 7) is 9.88. The van der Waals surface area contributed by atoms with Crippen LogP contribution in [0.2, 0.25) is 0 Å². The van der Waals surface area contributed by atoms with Crippen molar-refractivity contribution in [2.24, 2.45) is 18.0 Å². The smallest absolute Gasteiger partial charge is 0.252 e. The first-order chi connectivity index (χ1) is 18.4. The summed E-state index contributed by atoms with van der Waals surface area (Å²) >= 11 is 0. The summed E-state index contributed by atoms with van der Waals surface area (Å²) in [5.41, 5.74) is 6.52. The first kappa shape index (κ1) is 27.0. The molecule has 2 aliphatic heterocycles. The van der Waals surface area contributed by atoms with E-state index in [0.717, 1.165) is 42.7 Å². The van der Waals surface area contributed by atoms with Crippen LogP contribution >= 0.6 is 0 Å². The number of benzene rings is 1. The predicted octanol–water partition coefficient (Wildman–Crippen LogP) is 5.78. The Morgan fingerprint density at radius 2 is 1.95 bits per heavy atom. The highest BCUT2D eigenvalue weighted by Crippen LogP contribution is 2.30. The third-order valence-corrected chi connectivity index (χ3v) is 7.17. The lowest BCUT2D eigenvalue weighted by Crippen LogP contribution is -2.40. The Morgan fingerprint density at radius 1 is 1.16 bits per heavy atom. The van der Waals surface area contributed by atoms with Crippen molar-refractivity contribution in [2.75, 3.05) is 13.1 Å². The molecule has 0 fully saturated rings. The second-order valence-electron chi connectivity index (χ2n) is 9.91.